The summed E-state index contributed by atoms with van der Waals surface area (Å²) in [5, 5.41) is 9.01. The summed E-state index contributed by atoms with van der Waals surface area (Å²) < 4.78 is 5.35. The van der Waals surface area contributed by atoms with Crippen molar-refractivity contribution in [1.82, 2.24) is 4.90 Å². The van der Waals surface area contributed by atoms with Crippen molar-refractivity contribution < 1.29 is 19.4 Å². The molecule has 1 rings (SSSR count). The lowest BCUT2D eigenvalue weighted by atomic mass is 9.93. The van der Waals surface area contributed by atoms with Crippen LogP contribution in [0.15, 0.2) is 0 Å². The first-order chi connectivity index (χ1) is 8.41. The lowest BCUT2D eigenvalue weighted by Crippen LogP contribution is -2.47. The minimum Gasteiger partial charge on any atom is -0.481 e. The van der Waals surface area contributed by atoms with E-state index in [0.717, 1.165) is 6.42 Å². The predicted molar refractivity (Wildman–Crippen MR) is 67.2 cm³/mol. The normalized spacial score (nSPS) is 24.3. The zero-order valence-electron chi connectivity index (χ0n) is 11.4. The summed E-state index contributed by atoms with van der Waals surface area (Å²) in [6, 6.07) is 0.132. The molecule has 5 heteroatoms. The first-order valence-electron chi connectivity index (χ1n) is 6.55. The van der Waals surface area contributed by atoms with Crippen molar-refractivity contribution in [2.45, 2.75) is 52.2 Å². The molecule has 2 unspecified atom stereocenters. The Morgan fingerprint density at radius 3 is 2.61 bits per heavy atom. The van der Waals surface area contributed by atoms with E-state index in [0.29, 0.717) is 26.0 Å². The van der Waals surface area contributed by atoms with E-state index in [1.165, 1.54) is 0 Å². The maximum Gasteiger partial charge on any atom is 0.308 e. The van der Waals surface area contributed by atoms with Crippen LogP contribution in [0.2, 0.25) is 0 Å². The number of likely N-dealkylation sites (tertiary alicyclic amines) is 1. The van der Waals surface area contributed by atoms with Gasteiger partial charge < -0.3 is 14.7 Å². The van der Waals surface area contributed by atoms with E-state index >= 15 is 0 Å². The number of carbonyl (C=O) groups is 2. The van der Waals surface area contributed by atoms with Gasteiger partial charge in [-0.05, 0) is 33.6 Å². The average molecular weight is 257 g/mol. The van der Waals surface area contributed by atoms with Crippen LogP contribution < -0.4 is 0 Å². The third-order valence-corrected chi connectivity index (χ3v) is 3.32. The smallest absolute Gasteiger partial charge is 0.308 e. The Morgan fingerprint density at radius 1 is 1.39 bits per heavy atom. The summed E-state index contributed by atoms with van der Waals surface area (Å²) in [4.78, 5) is 24.7. The van der Waals surface area contributed by atoms with E-state index in [9.17, 15) is 9.59 Å². The van der Waals surface area contributed by atoms with Crippen molar-refractivity contribution in [2.75, 3.05) is 13.2 Å². The summed E-state index contributed by atoms with van der Waals surface area (Å²) in [6.45, 7) is 6.55. The molecular weight excluding hydrogens is 234 g/mol. The van der Waals surface area contributed by atoms with E-state index in [1.807, 2.05) is 20.8 Å². The van der Waals surface area contributed by atoms with Gasteiger partial charge in [0, 0.05) is 12.6 Å². The van der Waals surface area contributed by atoms with Crippen molar-refractivity contribution in [3.63, 3.8) is 0 Å². The lowest BCUT2D eigenvalue weighted by molar-refractivity contribution is -0.147. The van der Waals surface area contributed by atoms with E-state index in [1.54, 1.807) is 4.90 Å². The zero-order chi connectivity index (χ0) is 13.7. The molecule has 0 aromatic carbocycles. The highest BCUT2D eigenvalue weighted by molar-refractivity contribution is 5.78. The van der Waals surface area contributed by atoms with Gasteiger partial charge in [0.1, 0.15) is 0 Å². The Morgan fingerprint density at radius 2 is 2.06 bits per heavy atom. The second-order valence-corrected chi connectivity index (χ2v) is 5.18. The fourth-order valence-corrected chi connectivity index (χ4v) is 2.18. The molecule has 0 aromatic rings. The van der Waals surface area contributed by atoms with Crippen LogP contribution in [0, 0.1) is 5.92 Å². The SMILES string of the molecule is CC(C)OCCC(=O)N1CC(C(=O)O)CCC1C. The largest absolute Gasteiger partial charge is 0.481 e. The number of aliphatic carboxylic acids is 1. The number of piperidine rings is 1. The summed E-state index contributed by atoms with van der Waals surface area (Å²) in [6.07, 6.45) is 1.86. The second-order valence-electron chi connectivity index (χ2n) is 5.18. The summed E-state index contributed by atoms with van der Waals surface area (Å²) in [5.41, 5.74) is 0. The van der Waals surface area contributed by atoms with Gasteiger partial charge in [-0.3, -0.25) is 9.59 Å². The third-order valence-electron chi connectivity index (χ3n) is 3.32. The van der Waals surface area contributed by atoms with Crippen molar-refractivity contribution in [3.05, 3.63) is 0 Å². The van der Waals surface area contributed by atoms with Crippen molar-refractivity contribution in [1.29, 1.82) is 0 Å². The topological polar surface area (TPSA) is 66.8 Å². The molecule has 1 aliphatic rings. The number of carboxylic acid groups (broad SMARTS) is 1. The first-order valence-corrected chi connectivity index (χ1v) is 6.55. The number of amides is 1. The second kappa shape index (κ2) is 6.73. The first kappa shape index (κ1) is 15.0. The van der Waals surface area contributed by atoms with Gasteiger partial charge >= 0.3 is 5.97 Å². The minimum atomic E-state index is -0.807. The van der Waals surface area contributed by atoms with E-state index < -0.39 is 11.9 Å². The number of hydrogen-bond acceptors (Lipinski definition) is 3. The standard InChI is InChI=1S/C13H23NO4/c1-9(2)18-7-6-12(15)14-8-11(13(16)17)5-4-10(14)3/h9-11H,4-8H2,1-3H3,(H,16,17). The Kier molecular flexibility index (Phi) is 5.59. The van der Waals surface area contributed by atoms with Crippen LogP contribution in [0.5, 0.6) is 0 Å². The monoisotopic (exact) mass is 257 g/mol. The van der Waals surface area contributed by atoms with Gasteiger partial charge in [0.05, 0.1) is 25.0 Å². The Labute approximate surface area is 108 Å². The highest BCUT2D eigenvalue weighted by Crippen LogP contribution is 2.22. The molecule has 0 aliphatic carbocycles. The Hall–Kier alpha value is -1.10. The maximum absolute atomic E-state index is 12.0. The van der Waals surface area contributed by atoms with Gasteiger partial charge in [0.2, 0.25) is 5.91 Å². The van der Waals surface area contributed by atoms with Crippen LogP contribution in [-0.2, 0) is 14.3 Å². The van der Waals surface area contributed by atoms with Crippen molar-refractivity contribution in [2.24, 2.45) is 5.92 Å². The molecule has 104 valence electrons. The van der Waals surface area contributed by atoms with Gasteiger partial charge in [-0.15, -0.1) is 0 Å². The third kappa shape index (κ3) is 4.29. The van der Waals surface area contributed by atoms with Crippen LogP contribution >= 0.6 is 0 Å². The molecule has 1 saturated heterocycles. The van der Waals surface area contributed by atoms with Crippen LogP contribution in [0.3, 0.4) is 0 Å². The quantitative estimate of drug-likeness (QED) is 0.810. The molecule has 0 spiro atoms. The molecule has 1 fully saturated rings. The fraction of sp³-hybridized carbons (Fsp3) is 0.846. The van der Waals surface area contributed by atoms with Gasteiger partial charge in [-0.2, -0.15) is 0 Å². The number of nitrogens with zero attached hydrogens (tertiary/aromatic N) is 1. The van der Waals surface area contributed by atoms with E-state index in [2.05, 4.69) is 0 Å². The molecule has 1 N–H and O–H groups in total. The highest BCUT2D eigenvalue weighted by atomic mass is 16.5. The van der Waals surface area contributed by atoms with Crippen LogP contribution in [0.1, 0.15) is 40.0 Å². The zero-order valence-corrected chi connectivity index (χ0v) is 11.4. The van der Waals surface area contributed by atoms with E-state index in [-0.39, 0.29) is 18.1 Å². The van der Waals surface area contributed by atoms with E-state index in [4.69, 9.17) is 9.84 Å². The molecule has 0 saturated carbocycles. The molecule has 5 nitrogen and oxygen atoms in total. The number of ether oxygens (including phenoxy) is 1. The van der Waals surface area contributed by atoms with Gasteiger partial charge in [0.25, 0.3) is 0 Å². The lowest BCUT2D eigenvalue weighted by Gasteiger charge is -2.36. The number of carbonyl (C=O) groups excluding carboxylic acids is 1. The molecular formula is C13H23NO4. The maximum atomic E-state index is 12.0. The molecule has 18 heavy (non-hydrogen) atoms. The predicted octanol–water partition coefficient (Wildman–Crippen LogP) is 1.51. The highest BCUT2D eigenvalue weighted by Gasteiger charge is 2.32. The van der Waals surface area contributed by atoms with Crippen molar-refractivity contribution in [3.8, 4) is 0 Å². The van der Waals surface area contributed by atoms with Crippen LogP contribution in [-0.4, -0.2) is 47.2 Å². The summed E-state index contributed by atoms with van der Waals surface area (Å²) in [5.74, 6) is -1.23. The summed E-state index contributed by atoms with van der Waals surface area (Å²) >= 11 is 0. The van der Waals surface area contributed by atoms with Gasteiger partial charge in [-0.25, -0.2) is 0 Å². The molecule has 1 amide bonds. The minimum absolute atomic E-state index is 0.00546. The number of carboxylic acids is 1. The molecule has 2 atom stereocenters. The van der Waals surface area contributed by atoms with Crippen molar-refractivity contribution >= 4 is 11.9 Å². The Balaban J connectivity index is 2.46. The average Bonchev–Trinajstić information content (AvgIpc) is 2.28. The molecule has 1 heterocycles. The number of hydrogen-bond donors (Lipinski definition) is 1. The fourth-order valence-electron chi connectivity index (χ4n) is 2.18. The van der Waals surface area contributed by atoms with Gasteiger partial charge in [0.15, 0.2) is 0 Å². The molecule has 0 bridgehead atoms. The number of rotatable bonds is 5. The Bertz CT molecular complexity index is 303. The van der Waals surface area contributed by atoms with Crippen LogP contribution in [0.25, 0.3) is 0 Å². The molecule has 0 radical (unpaired) electrons. The summed E-state index contributed by atoms with van der Waals surface area (Å²) in [7, 11) is 0. The molecule has 1 aliphatic heterocycles. The van der Waals surface area contributed by atoms with Gasteiger partial charge in [-0.1, -0.05) is 0 Å². The molecule has 0 aromatic heterocycles. The van der Waals surface area contributed by atoms with Crippen LogP contribution in [0.4, 0.5) is 0 Å².